The minimum absolute atomic E-state index is 0.135. The number of hydrogen-bond acceptors (Lipinski definition) is 4. The summed E-state index contributed by atoms with van der Waals surface area (Å²) >= 11 is 1.64. The first-order chi connectivity index (χ1) is 11.6. The van der Waals surface area contributed by atoms with Gasteiger partial charge in [-0.05, 0) is 42.9 Å². The predicted octanol–water partition coefficient (Wildman–Crippen LogP) is 2.75. The standard InChI is InChI=1S/C18H24N2O3S/c1-13-12-14-6-4-5-7-16(14)20(13)10-8-17(21)19-15(9-11-24-3)18(22)23-2/h4-7,12,15H,8-11H2,1-3H3,(H,19,21). The van der Waals surface area contributed by atoms with Gasteiger partial charge in [0.15, 0.2) is 0 Å². The molecular formula is C18H24N2O3S. The van der Waals surface area contributed by atoms with Gasteiger partial charge in [0.1, 0.15) is 6.04 Å². The van der Waals surface area contributed by atoms with E-state index in [1.165, 1.54) is 12.5 Å². The number of carbonyl (C=O) groups is 2. The van der Waals surface area contributed by atoms with Crippen molar-refractivity contribution < 1.29 is 14.3 Å². The lowest BCUT2D eigenvalue weighted by Crippen LogP contribution is -2.42. The summed E-state index contributed by atoms with van der Waals surface area (Å²) in [6.45, 7) is 2.62. The molecule has 1 amide bonds. The van der Waals surface area contributed by atoms with Gasteiger partial charge in [0.05, 0.1) is 7.11 Å². The molecule has 130 valence electrons. The number of aryl methyl sites for hydroxylation is 2. The number of nitrogens with zero attached hydrogens (tertiary/aromatic N) is 1. The maximum absolute atomic E-state index is 12.2. The van der Waals surface area contributed by atoms with Gasteiger partial charge in [-0.3, -0.25) is 4.79 Å². The molecule has 24 heavy (non-hydrogen) atoms. The third-order valence-corrected chi connectivity index (χ3v) is 4.66. The number of methoxy groups -OCH3 is 1. The van der Waals surface area contributed by atoms with Gasteiger partial charge in [0.25, 0.3) is 0 Å². The van der Waals surface area contributed by atoms with E-state index in [1.54, 1.807) is 11.8 Å². The number of esters is 1. The second-order valence-corrected chi connectivity index (χ2v) is 6.66. The molecule has 1 atom stereocenters. The number of para-hydroxylation sites is 1. The Morgan fingerprint density at radius 1 is 1.33 bits per heavy atom. The minimum Gasteiger partial charge on any atom is -0.467 e. The number of ether oxygens (including phenoxy) is 1. The molecule has 1 N–H and O–H groups in total. The van der Waals surface area contributed by atoms with Crippen LogP contribution in [0.15, 0.2) is 30.3 Å². The topological polar surface area (TPSA) is 60.3 Å². The molecule has 6 heteroatoms. The van der Waals surface area contributed by atoms with E-state index in [2.05, 4.69) is 28.1 Å². The lowest BCUT2D eigenvalue weighted by atomic mass is 10.2. The molecule has 1 unspecified atom stereocenters. The highest BCUT2D eigenvalue weighted by Gasteiger charge is 2.21. The van der Waals surface area contributed by atoms with E-state index in [0.29, 0.717) is 19.4 Å². The van der Waals surface area contributed by atoms with Crippen LogP contribution in [0.3, 0.4) is 0 Å². The molecule has 0 saturated heterocycles. The van der Waals surface area contributed by atoms with Gasteiger partial charge in [-0.15, -0.1) is 0 Å². The Labute approximate surface area is 146 Å². The van der Waals surface area contributed by atoms with Gasteiger partial charge in [0, 0.05) is 24.2 Å². The van der Waals surface area contributed by atoms with Crippen molar-refractivity contribution in [2.75, 3.05) is 19.1 Å². The number of benzene rings is 1. The van der Waals surface area contributed by atoms with Crippen LogP contribution in [0, 0.1) is 6.92 Å². The summed E-state index contributed by atoms with van der Waals surface area (Å²) in [5.74, 6) is 0.269. The zero-order valence-electron chi connectivity index (χ0n) is 14.4. The Balaban J connectivity index is 1.98. The van der Waals surface area contributed by atoms with Crippen molar-refractivity contribution in [2.45, 2.75) is 32.4 Å². The molecule has 1 aromatic heterocycles. The minimum atomic E-state index is -0.572. The van der Waals surface area contributed by atoms with Crippen molar-refractivity contribution >= 4 is 34.5 Å². The van der Waals surface area contributed by atoms with E-state index in [-0.39, 0.29) is 11.9 Å². The molecule has 0 radical (unpaired) electrons. The summed E-state index contributed by atoms with van der Waals surface area (Å²) in [6.07, 6.45) is 2.87. The van der Waals surface area contributed by atoms with Gasteiger partial charge in [-0.1, -0.05) is 18.2 Å². The van der Waals surface area contributed by atoms with E-state index in [1.807, 2.05) is 25.3 Å². The fraction of sp³-hybridized carbons (Fsp3) is 0.444. The van der Waals surface area contributed by atoms with Gasteiger partial charge in [-0.2, -0.15) is 11.8 Å². The Hall–Kier alpha value is -1.95. The number of fused-ring (bicyclic) bond motifs is 1. The van der Waals surface area contributed by atoms with Crippen molar-refractivity contribution in [3.8, 4) is 0 Å². The molecule has 0 bridgehead atoms. The van der Waals surface area contributed by atoms with Crippen LogP contribution < -0.4 is 5.32 Å². The van der Waals surface area contributed by atoms with Crippen LogP contribution in [-0.4, -0.2) is 41.6 Å². The molecule has 5 nitrogen and oxygen atoms in total. The Bertz CT molecular complexity index is 711. The summed E-state index contributed by atoms with van der Waals surface area (Å²) in [5.41, 5.74) is 2.24. The Kier molecular flexibility index (Phi) is 6.73. The molecular weight excluding hydrogens is 324 g/mol. The summed E-state index contributed by atoms with van der Waals surface area (Å²) in [4.78, 5) is 24.0. The summed E-state index contributed by atoms with van der Waals surface area (Å²) in [7, 11) is 1.34. The molecule has 1 aromatic carbocycles. The van der Waals surface area contributed by atoms with Crippen LogP contribution in [0.25, 0.3) is 10.9 Å². The summed E-state index contributed by atoms with van der Waals surface area (Å²) in [5, 5.41) is 3.96. The van der Waals surface area contributed by atoms with E-state index < -0.39 is 6.04 Å². The number of carbonyl (C=O) groups excluding carboxylic acids is 2. The largest absolute Gasteiger partial charge is 0.467 e. The lowest BCUT2D eigenvalue weighted by molar-refractivity contribution is -0.145. The second kappa shape index (κ2) is 8.78. The fourth-order valence-electron chi connectivity index (χ4n) is 2.75. The zero-order valence-corrected chi connectivity index (χ0v) is 15.2. The van der Waals surface area contributed by atoms with Crippen LogP contribution in [-0.2, 0) is 20.9 Å². The molecule has 0 aliphatic heterocycles. The van der Waals surface area contributed by atoms with Crippen molar-refractivity contribution in [3.63, 3.8) is 0 Å². The van der Waals surface area contributed by atoms with Crippen molar-refractivity contribution in [1.29, 1.82) is 0 Å². The van der Waals surface area contributed by atoms with E-state index in [4.69, 9.17) is 4.74 Å². The molecule has 2 rings (SSSR count). The summed E-state index contributed by atoms with van der Waals surface area (Å²) < 4.78 is 6.90. The number of nitrogens with one attached hydrogen (secondary N) is 1. The first-order valence-corrected chi connectivity index (χ1v) is 9.37. The average Bonchev–Trinajstić information content (AvgIpc) is 2.91. The number of hydrogen-bond donors (Lipinski definition) is 1. The highest BCUT2D eigenvalue weighted by atomic mass is 32.2. The van der Waals surface area contributed by atoms with Crippen LogP contribution in [0.4, 0.5) is 0 Å². The van der Waals surface area contributed by atoms with Crippen molar-refractivity contribution in [1.82, 2.24) is 9.88 Å². The first-order valence-electron chi connectivity index (χ1n) is 7.97. The smallest absolute Gasteiger partial charge is 0.328 e. The first kappa shape index (κ1) is 18.4. The third-order valence-electron chi connectivity index (χ3n) is 4.01. The predicted molar refractivity (Wildman–Crippen MR) is 98.2 cm³/mol. The number of thioether (sulfide) groups is 1. The van der Waals surface area contributed by atoms with Crippen LogP contribution in [0.2, 0.25) is 0 Å². The molecule has 0 aliphatic carbocycles. The van der Waals surface area contributed by atoms with E-state index >= 15 is 0 Å². The molecule has 0 spiro atoms. The summed E-state index contributed by atoms with van der Waals surface area (Å²) in [6, 6.07) is 9.66. The van der Waals surface area contributed by atoms with E-state index in [0.717, 1.165) is 17.0 Å². The SMILES string of the molecule is COC(=O)C(CCSC)NC(=O)CCn1c(C)cc2ccccc21. The highest BCUT2D eigenvalue weighted by molar-refractivity contribution is 7.98. The maximum Gasteiger partial charge on any atom is 0.328 e. The van der Waals surface area contributed by atoms with Crippen molar-refractivity contribution in [2.24, 2.45) is 0 Å². The van der Waals surface area contributed by atoms with E-state index in [9.17, 15) is 9.59 Å². The second-order valence-electron chi connectivity index (χ2n) is 5.67. The lowest BCUT2D eigenvalue weighted by Gasteiger charge is -2.16. The molecule has 0 fully saturated rings. The van der Waals surface area contributed by atoms with Crippen LogP contribution in [0.5, 0.6) is 0 Å². The molecule has 0 saturated carbocycles. The number of aromatic nitrogens is 1. The Morgan fingerprint density at radius 3 is 2.79 bits per heavy atom. The number of amides is 1. The monoisotopic (exact) mass is 348 g/mol. The van der Waals surface area contributed by atoms with Gasteiger partial charge < -0.3 is 14.6 Å². The Morgan fingerprint density at radius 2 is 2.08 bits per heavy atom. The van der Waals surface area contributed by atoms with Gasteiger partial charge in [-0.25, -0.2) is 4.79 Å². The average molecular weight is 348 g/mol. The van der Waals surface area contributed by atoms with Crippen molar-refractivity contribution in [3.05, 3.63) is 36.0 Å². The van der Waals surface area contributed by atoms with Gasteiger partial charge >= 0.3 is 5.97 Å². The quantitative estimate of drug-likeness (QED) is 0.745. The molecule has 2 aromatic rings. The molecule has 1 heterocycles. The third kappa shape index (κ3) is 4.54. The number of rotatable bonds is 8. The molecule has 0 aliphatic rings. The van der Waals surface area contributed by atoms with Crippen LogP contribution >= 0.6 is 11.8 Å². The normalized spacial score (nSPS) is 12.1. The zero-order chi connectivity index (χ0) is 17.5. The van der Waals surface area contributed by atoms with Gasteiger partial charge in [0.2, 0.25) is 5.91 Å². The van der Waals surface area contributed by atoms with Crippen LogP contribution in [0.1, 0.15) is 18.5 Å². The highest BCUT2D eigenvalue weighted by Crippen LogP contribution is 2.19. The fourth-order valence-corrected chi connectivity index (χ4v) is 3.22. The maximum atomic E-state index is 12.2.